The number of carbonyl (C=O) groups is 2. The Labute approximate surface area is 231 Å². The molecule has 8 heteroatoms. The molecule has 1 aliphatic heterocycles. The van der Waals surface area contributed by atoms with E-state index in [1.807, 2.05) is 13.8 Å². The van der Waals surface area contributed by atoms with Gasteiger partial charge in [-0.3, -0.25) is 9.69 Å². The van der Waals surface area contributed by atoms with E-state index in [9.17, 15) is 19.1 Å². The number of amides is 3. The Balaban J connectivity index is 0.00000156. The molecule has 0 saturated carbocycles. The van der Waals surface area contributed by atoms with Crippen molar-refractivity contribution in [2.24, 2.45) is 0 Å². The summed E-state index contributed by atoms with van der Waals surface area (Å²) in [5, 5.41) is 11.9. The highest BCUT2D eigenvalue weighted by atomic mass is 79.9. The number of urea groups is 1. The first-order chi connectivity index (χ1) is 17.8. The van der Waals surface area contributed by atoms with Crippen molar-refractivity contribution >= 4 is 55.2 Å². The Morgan fingerprint density at radius 2 is 1.11 bits per heavy atom. The minimum Gasteiger partial charge on any atom is -0.359 e. The lowest BCUT2D eigenvalue weighted by atomic mass is 9.97. The van der Waals surface area contributed by atoms with E-state index < -0.39 is 17.7 Å². The normalized spacial score (nSPS) is 17.0. The van der Waals surface area contributed by atoms with Crippen LogP contribution in [0.2, 0.25) is 0 Å². The van der Waals surface area contributed by atoms with Gasteiger partial charge in [-0.05, 0) is 71.8 Å². The maximum absolute atomic E-state index is 13.7. The lowest BCUT2D eigenvalue weighted by Gasteiger charge is -2.30. The van der Waals surface area contributed by atoms with E-state index in [-0.39, 0.29) is 11.4 Å². The van der Waals surface area contributed by atoms with Crippen molar-refractivity contribution in [3.8, 4) is 11.1 Å². The third-order valence-corrected chi connectivity index (χ3v) is 6.90. The summed E-state index contributed by atoms with van der Waals surface area (Å²) in [7, 11) is 0. The first-order valence-corrected chi connectivity index (χ1v) is 13.2. The molecule has 0 aromatic heterocycles. The van der Waals surface area contributed by atoms with E-state index in [0.29, 0.717) is 11.4 Å². The van der Waals surface area contributed by atoms with Crippen LogP contribution in [0.3, 0.4) is 0 Å². The van der Waals surface area contributed by atoms with Crippen molar-refractivity contribution in [1.82, 2.24) is 0 Å². The maximum Gasteiger partial charge on any atom is 0.339 e. The van der Waals surface area contributed by atoms with Crippen LogP contribution in [-0.4, -0.2) is 17.0 Å². The number of imide groups is 1. The quantitative estimate of drug-likeness (QED) is 0.235. The van der Waals surface area contributed by atoms with Gasteiger partial charge in [0.1, 0.15) is 5.82 Å². The Morgan fingerprint density at radius 3 is 1.59 bits per heavy atom. The number of anilines is 2. The fourth-order valence-corrected chi connectivity index (χ4v) is 4.60. The zero-order valence-electron chi connectivity index (χ0n) is 20.0. The molecule has 0 spiro atoms. The zero-order chi connectivity index (χ0) is 26.7. The molecule has 5 nitrogen and oxygen atoms in total. The smallest absolute Gasteiger partial charge is 0.339 e. The molecule has 1 atom stereocenters. The lowest BCUT2D eigenvalue weighted by Crippen LogP contribution is -2.47. The number of rotatable bonds is 4. The van der Waals surface area contributed by atoms with E-state index in [1.165, 1.54) is 12.1 Å². The molecule has 0 radical (unpaired) electrons. The van der Waals surface area contributed by atoms with Gasteiger partial charge in [-0.1, -0.05) is 82.1 Å². The molecule has 3 amide bonds. The summed E-state index contributed by atoms with van der Waals surface area (Å²) in [5.41, 5.74) is 0.193. The van der Waals surface area contributed by atoms with Crippen molar-refractivity contribution < 1.29 is 19.1 Å². The number of halogens is 3. The summed E-state index contributed by atoms with van der Waals surface area (Å²) in [5.74, 6) is -1.13. The Hall–Kier alpha value is -3.33. The number of aliphatic hydroxyl groups is 1. The second-order valence-electron chi connectivity index (χ2n) is 7.97. The molecule has 1 fully saturated rings. The van der Waals surface area contributed by atoms with Gasteiger partial charge < -0.3 is 5.11 Å². The molecule has 1 saturated heterocycles. The molecule has 1 heterocycles. The number of hydrogen-bond acceptors (Lipinski definition) is 3. The Kier molecular flexibility index (Phi) is 7.92. The van der Waals surface area contributed by atoms with Crippen LogP contribution in [0.4, 0.5) is 20.6 Å². The summed E-state index contributed by atoms with van der Waals surface area (Å²) in [4.78, 5) is 29.4. The molecule has 5 rings (SSSR count). The van der Waals surface area contributed by atoms with Gasteiger partial charge in [0.15, 0.2) is 0 Å². The highest BCUT2D eigenvalue weighted by Crippen LogP contribution is 2.42. The van der Waals surface area contributed by atoms with Gasteiger partial charge in [0.25, 0.3) is 11.6 Å². The Morgan fingerprint density at radius 1 is 0.676 bits per heavy atom. The van der Waals surface area contributed by atoms with E-state index in [4.69, 9.17) is 0 Å². The number of carbonyl (C=O) groups excluding carboxylic acids is 2. The van der Waals surface area contributed by atoms with Gasteiger partial charge in [-0.15, -0.1) is 0 Å². The fourth-order valence-electron chi connectivity index (χ4n) is 4.07. The summed E-state index contributed by atoms with van der Waals surface area (Å²) in [6.45, 7) is 4.00. The number of nitrogens with zero attached hydrogens (tertiary/aromatic N) is 2. The summed E-state index contributed by atoms with van der Waals surface area (Å²) < 4.78 is 14.9. The second kappa shape index (κ2) is 11.0. The van der Waals surface area contributed by atoms with Gasteiger partial charge in [-0.2, -0.15) is 0 Å². The van der Waals surface area contributed by atoms with Crippen LogP contribution >= 0.6 is 31.9 Å². The highest BCUT2D eigenvalue weighted by Gasteiger charge is 2.59. The van der Waals surface area contributed by atoms with Gasteiger partial charge >= 0.3 is 6.03 Å². The molecule has 188 valence electrons. The van der Waals surface area contributed by atoms with Gasteiger partial charge in [-0.25, -0.2) is 14.1 Å². The average molecular weight is 626 g/mol. The molecule has 0 bridgehead atoms. The third kappa shape index (κ3) is 4.97. The first-order valence-electron chi connectivity index (χ1n) is 11.6. The van der Waals surface area contributed by atoms with E-state index >= 15 is 0 Å². The summed E-state index contributed by atoms with van der Waals surface area (Å²) in [6.07, 6.45) is 0. The molecular weight excluding hydrogens is 603 g/mol. The van der Waals surface area contributed by atoms with E-state index in [1.54, 1.807) is 84.9 Å². The first kappa shape index (κ1) is 26.7. The minimum atomic E-state index is -2.28. The molecule has 4 aromatic rings. The molecular formula is C29H23Br2FN2O3. The van der Waals surface area contributed by atoms with Crippen LogP contribution in [0.5, 0.6) is 0 Å². The van der Waals surface area contributed by atoms with Crippen LogP contribution in [0.15, 0.2) is 106 Å². The van der Waals surface area contributed by atoms with E-state index in [0.717, 1.165) is 29.9 Å². The molecule has 0 aliphatic carbocycles. The minimum absolute atomic E-state index is 0.226. The molecule has 4 aromatic carbocycles. The SMILES string of the molecule is CC.O=C1N(c2ccc(Br)cc2)C(=O)C(O)(c2ccc(-c3ccc(F)cc3)cc2)N1c1ccc(Br)cc1. The Bertz CT molecular complexity index is 1410. The summed E-state index contributed by atoms with van der Waals surface area (Å²) in [6, 6.07) is 25.4. The predicted octanol–water partition coefficient (Wildman–Crippen LogP) is 7.86. The van der Waals surface area contributed by atoms with Crippen LogP contribution in [0, 0.1) is 5.82 Å². The average Bonchev–Trinajstić information content (AvgIpc) is 3.12. The fraction of sp³-hybridized carbons (Fsp3) is 0.103. The van der Waals surface area contributed by atoms with Gasteiger partial charge in [0, 0.05) is 20.2 Å². The lowest BCUT2D eigenvalue weighted by molar-refractivity contribution is -0.133. The van der Waals surface area contributed by atoms with Crippen molar-refractivity contribution in [3.63, 3.8) is 0 Å². The summed E-state index contributed by atoms with van der Waals surface area (Å²) >= 11 is 6.73. The topological polar surface area (TPSA) is 60.9 Å². The molecule has 1 aliphatic rings. The second-order valence-corrected chi connectivity index (χ2v) is 9.80. The van der Waals surface area contributed by atoms with Gasteiger partial charge in [0.05, 0.1) is 5.69 Å². The van der Waals surface area contributed by atoms with Crippen LogP contribution in [0.1, 0.15) is 19.4 Å². The monoisotopic (exact) mass is 624 g/mol. The van der Waals surface area contributed by atoms with Crippen molar-refractivity contribution in [3.05, 3.63) is 117 Å². The van der Waals surface area contributed by atoms with Crippen LogP contribution in [-0.2, 0) is 10.5 Å². The van der Waals surface area contributed by atoms with Crippen LogP contribution < -0.4 is 9.80 Å². The third-order valence-electron chi connectivity index (χ3n) is 5.84. The number of hydrogen-bond donors (Lipinski definition) is 1. The number of benzene rings is 4. The van der Waals surface area contributed by atoms with Crippen molar-refractivity contribution in [2.45, 2.75) is 19.6 Å². The standard InChI is InChI=1S/C27H17Br2FN2O3.C2H6/c28-20-7-13-23(14-8-20)31-25(33)27(35,32(26(31)34)24-15-9-21(29)10-16-24)19-5-1-17(2-6-19)18-3-11-22(30)12-4-18;1-2/h1-16,35H;1-2H3. The molecule has 1 unspecified atom stereocenters. The molecule has 1 N–H and O–H groups in total. The largest absolute Gasteiger partial charge is 0.359 e. The van der Waals surface area contributed by atoms with Crippen molar-refractivity contribution in [1.29, 1.82) is 0 Å². The highest BCUT2D eigenvalue weighted by molar-refractivity contribution is 9.10. The van der Waals surface area contributed by atoms with Crippen molar-refractivity contribution in [2.75, 3.05) is 9.80 Å². The van der Waals surface area contributed by atoms with Crippen LogP contribution in [0.25, 0.3) is 11.1 Å². The van der Waals surface area contributed by atoms with E-state index in [2.05, 4.69) is 31.9 Å². The maximum atomic E-state index is 13.7. The van der Waals surface area contributed by atoms with Gasteiger partial charge in [0.2, 0.25) is 0 Å². The molecule has 37 heavy (non-hydrogen) atoms. The predicted molar refractivity (Wildman–Crippen MR) is 151 cm³/mol. The zero-order valence-corrected chi connectivity index (χ0v) is 23.2.